The molecule has 3 N–H and O–H groups in total. The Labute approximate surface area is 148 Å². The molecule has 0 aromatic carbocycles. The molecule has 1 saturated heterocycles. The lowest BCUT2D eigenvalue weighted by molar-refractivity contribution is -0.367. The zero-order chi connectivity index (χ0) is 19.3. The molecular weight excluding hydrogens is 355 g/mol. The number of ether oxygens (including phenoxy) is 1. The van der Waals surface area contributed by atoms with E-state index in [4.69, 9.17) is 5.11 Å². The molecule has 10 heteroatoms. The molecule has 144 valence electrons. The number of amides is 1. The SMILES string of the molecule is COC(=O)[C@@H](CO)NC(=O)C1CCN(c2ccc(C(F)(F)F)c[nH+]2)CC1. The van der Waals surface area contributed by atoms with E-state index in [1.165, 1.54) is 6.07 Å². The highest BCUT2D eigenvalue weighted by atomic mass is 19.4. The van der Waals surface area contributed by atoms with E-state index in [1.54, 1.807) is 0 Å². The average molecular weight is 376 g/mol. The molecule has 0 spiro atoms. The molecular formula is C16H21F3N3O4+. The van der Waals surface area contributed by atoms with Gasteiger partial charge >= 0.3 is 12.1 Å². The number of nitrogens with zero attached hydrogens (tertiary/aromatic N) is 1. The number of H-pyrrole nitrogens is 1. The summed E-state index contributed by atoms with van der Waals surface area (Å²) in [4.78, 5) is 28.1. The molecule has 26 heavy (non-hydrogen) atoms. The number of halogens is 3. The van der Waals surface area contributed by atoms with E-state index in [9.17, 15) is 22.8 Å². The number of carbonyl (C=O) groups is 2. The second-order valence-electron chi connectivity index (χ2n) is 5.99. The van der Waals surface area contributed by atoms with Crippen molar-refractivity contribution < 1.29 is 37.6 Å². The van der Waals surface area contributed by atoms with Crippen LogP contribution in [0.2, 0.25) is 0 Å². The Hall–Kier alpha value is -2.36. The minimum atomic E-state index is -4.40. The third-order valence-corrected chi connectivity index (χ3v) is 4.31. The molecule has 2 heterocycles. The van der Waals surface area contributed by atoms with Crippen molar-refractivity contribution in [3.8, 4) is 0 Å². The molecule has 0 saturated carbocycles. The molecule has 1 aromatic rings. The summed E-state index contributed by atoms with van der Waals surface area (Å²) < 4.78 is 42.3. The number of rotatable bonds is 5. The van der Waals surface area contributed by atoms with Gasteiger partial charge in [-0.25, -0.2) is 9.78 Å². The number of alkyl halides is 3. The fraction of sp³-hybridized carbons (Fsp3) is 0.562. The molecule has 1 atom stereocenters. The van der Waals surface area contributed by atoms with Gasteiger partial charge in [0.05, 0.1) is 32.4 Å². The summed E-state index contributed by atoms with van der Waals surface area (Å²) in [6.45, 7) is 0.391. The van der Waals surface area contributed by atoms with Crippen LogP contribution in [0.5, 0.6) is 0 Å². The Kier molecular flexibility index (Phi) is 6.41. The Morgan fingerprint density at radius 2 is 2.04 bits per heavy atom. The van der Waals surface area contributed by atoms with Crippen LogP contribution in [0.15, 0.2) is 18.3 Å². The van der Waals surface area contributed by atoms with Gasteiger partial charge in [-0.05, 0) is 18.9 Å². The summed E-state index contributed by atoms with van der Waals surface area (Å²) in [6.07, 6.45) is -2.54. The van der Waals surface area contributed by atoms with Gasteiger partial charge in [0.15, 0.2) is 6.04 Å². The first kappa shape index (κ1) is 20.0. The number of aliphatic hydroxyl groups excluding tert-OH is 1. The van der Waals surface area contributed by atoms with Gasteiger partial charge in [-0.2, -0.15) is 13.2 Å². The number of aliphatic hydroxyl groups is 1. The van der Waals surface area contributed by atoms with Crippen LogP contribution >= 0.6 is 0 Å². The maximum Gasteiger partial charge on any atom is 0.419 e. The topological polar surface area (TPSA) is 93.0 Å². The zero-order valence-electron chi connectivity index (χ0n) is 14.2. The number of aromatic nitrogens is 1. The van der Waals surface area contributed by atoms with Crippen LogP contribution < -0.4 is 15.2 Å². The van der Waals surface area contributed by atoms with E-state index >= 15 is 0 Å². The quantitative estimate of drug-likeness (QED) is 0.725. The monoisotopic (exact) mass is 376 g/mol. The fourth-order valence-electron chi connectivity index (χ4n) is 2.78. The highest BCUT2D eigenvalue weighted by Gasteiger charge is 2.34. The second-order valence-corrected chi connectivity index (χ2v) is 5.99. The molecule has 1 amide bonds. The number of nitrogens with one attached hydrogen (secondary N) is 2. The summed E-state index contributed by atoms with van der Waals surface area (Å²) in [5.74, 6) is -0.887. The van der Waals surface area contributed by atoms with Gasteiger partial charge in [-0.15, -0.1) is 0 Å². The normalized spacial score (nSPS) is 16.9. The van der Waals surface area contributed by atoms with Crippen LogP contribution in [0.25, 0.3) is 0 Å². The number of pyridine rings is 1. The Balaban J connectivity index is 1.90. The van der Waals surface area contributed by atoms with E-state index in [-0.39, 0.29) is 11.8 Å². The van der Waals surface area contributed by atoms with Crippen molar-refractivity contribution >= 4 is 17.7 Å². The molecule has 1 aliphatic heterocycles. The van der Waals surface area contributed by atoms with Crippen molar-refractivity contribution in [1.82, 2.24) is 5.32 Å². The van der Waals surface area contributed by atoms with Gasteiger partial charge in [0.1, 0.15) is 6.20 Å². The van der Waals surface area contributed by atoms with E-state index in [2.05, 4.69) is 15.0 Å². The summed E-state index contributed by atoms with van der Waals surface area (Å²) in [5.41, 5.74) is -0.756. The smallest absolute Gasteiger partial charge is 0.419 e. The minimum Gasteiger partial charge on any atom is -0.467 e. The lowest BCUT2D eigenvalue weighted by Gasteiger charge is -2.27. The number of anilines is 1. The first-order chi connectivity index (χ1) is 12.3. The number of hydrogen-bond donors (Lipinski definition) is 2. The van der Waals surface area contributed by atoms with Crippen LogP contribution in [0.3, 0.4) is 0 Å². The summed E-state index contributed by atoms with van der Waals surface area (Å²) in [6, 6.07) is 1.27. The fourth-order valence-corrected chi connectivity index (χ4v) is 2.78. The molecule has 0 unspecified atom stereocenters. The molecule has 1 aromatic heterocycles. The van der Waals surface area contributed by atoms with E-state index < -0.39 is 30.4 Å². The Morgan fingerprint density at radius 3 is 2.50 bits per heavy atom. The Morgan fingerprint density at radius 1 is 1.38 bits per heavy atom. The Bertz CT molecular complexity index is 629. The first-order valence-electron chi connectivity index (χ1n) is 8.09. The second kappa shape index (κ2) is 8.35. The van der Waals surface area contributed by atoms with Crippen LogP contribution in [0, 0.1) is 5.92 Å². The van der Waals surface area contributed by atoms with Gasteiger partial charge in [0.25, 0.3) is 5.82 Å². The van der Waals surface area contributed by atoms with Crippen LogP contribution in [-0.4, -0.2) is 49.8 Å². The number of hydrogen-bond acceptors (Lipinski definition) is 5. The third kappa shape index (κ3) is 4.84. The zero-order valence-corrected chi connectivity index (χ0v) is 14.2. The van der Waals surface area contributed by atoms with Crippen LogP contribution in [0.4, 0.5) is 19.0 Å². The van der Waals surface area contributed by atoms with Gasteiger partial charge in [-0.3, -0.25) is 9.69 Å². The molecule has 1 aliphatic rings. The van der Waals surface area contributed by atoms with Crippen molar-refractivity contribution in [2.24, 2.45) is 5.92 Å². The van der Waals surface area contributed by atoms with Crippen molar-refractivity contribution in [3.05, 3.63) is 23.9 Å². The number of piperidine rings is 1. The number of aromatic amines is 1. The van der Waals surface area contributed by atoms with Crippen molar-refractivity contribution in [2.75, 3.05) is 31.7 Å². The van der Waals surface area contributed by atoms with Gasteiger partial charge < -0.3 is 15.2 Å². The predicted molar refractivity (Wildman–Crippen MR) is 84.0 cm³/mol. The van der Waals surface area contributed by atoms with Gasteiger partial charge in [-0.1, -0.05) is 0 Å². The molecule has 0 aliphatic carbocycles. The van der Waals surface area contributed by atoms with E-state index in [0.29, 0.717) is 31.7 Å². The standard InChI is InChI=1S/C16H20F3N3O4/c1-26-15(25)12(9-23)21-14(24)10-4-6-22(7-5-10)13-3-2-11(8-20-13)16(17,18)19/h2-3,8,10,12,23H,4-7,9H2,1H3,(H,21,24)/p+1/t12-/m1/s1. The minimum absolute atomic E-state index is 0.348. The largest absolute Gasteiger partial charge is 0.467 e. The number of esters is 1. The summed E-state index contributed by atoms with van der Waals surface area (Å²) in [5, 5.41) is 11.6. The van der Waals surface area contributed by atoms with Crippen molar-refractivity contribution in [3.63, 3.8) is 0 Å². The van der Waals surface area contributed by atoms with Crippen molar-refractivity contribution in [1.29, 1.82) is 0 Å². The maximum atomic E-state index is 12.6. The van der Waals surface area contributed by atoms with E-state index in [0.717, 1.165) is 19.4 Å². The third-order valence-electron chi connectivity index (χ3n) is 4.31. The average Bonchev–Trinajstić information content (AvgIpc) is 2.64. The first-order valence-corrected chi connectivity index (χ1v) is 8.09. The van der Waals surface area contributed by atoms with Crippen LogP contribution in [0.1, 0.15) is 18.4 Å². The maximum absolute atomic E-state index is 12.6. The lowest BCUT2D eigenvalue weighted by atomic mass is 9.95. The highest BCUT2D eigenvalue weighted by Crippen LogP contribution is 2.29. The molecule has 0 bridgehead atoms. The molecule has 7 nitrogen and oxygen atoms in total. The summed E-state index contributed by atoms with van der Waals surface area (Å²) in [7, 11) is 1.16. The highest BCUT2D eigenvalue weighted by molar-refractivity contribution is 5.85. The summed E-state index contributed by atoms with van der Waals surface area (Å²) >= 11 is 0. The van der Waals surface area contributed by atoms with Gasteiger partial charge in [0.2, 0.25) is 5.91 Å². The molecule has 2 rings (SSSR count). The van der Waals surface area contributed by atoms with Gasteiger partial charge in [0, 0.05) is 12.0 Å². The van der Waals surface area contributed by atoms with Crippen LogP contribution in [-0.2, 0) is 20.5 Å². The van der Waals surface area contributed by atoms with Crippen molar-refractivity contribution in [2.45, 2.75) is 25.1 Å². The lowest BCUT2D eigenvalue weighted by Crippen LogP contribution is -2.49. The predicted octanol–water partition coefficient (Wildman–Crippen LogP) is 0.386. The molecule has 1 fully saturated rings. The van der Waals surface area contributed by atoms with E-state index in [1.807, 2.05) is 4.90 Å². The number of methoxy groups -OCH3 is 1. The molecule has 0 radical (unpaired) electrons. The number of carbonyl (C=O) groups excluding carboxylic acids is 2.